The molecule has 6 nitrogen and oxygen atoms in total. The van der Waals surface area contributed by atoms with Crippen molar-refractivity contribution in [1.82, 2.24) is 19.7 Å². The fourth-order valence-corrected chi connectivity index (χ4v) is 3.91. The Morgan fingerprint density at radius 3 is 2.52 bits per heavy atom. The molecule has 31 heavy (non-hydrogen) atoms. The Kier molecular flexibility index (Phi) is 4.96. The molecule has 6 heteroatoms. The zero-order valence-electron chi connectivity index (χ0n) is 17.2. The molecular weight excluding hydrogens is 388 g/mol. The monoisotopic (exact) mass is 410 g/mol. The van der Waals surface area contributed by atoms with E-state index in [0.717, 1.165) is 23.4 Å². The maximum Gasteiger partial charge on any atom is 0.293 e. The van der Waals surface area contributed by atoms with Crippen LogP contribution in [0.2, 0.25) is 0 Å². The Morgan fingerprint density at radius 1 is 0.935 bits per heavy atom. The highest BCUT2D eigenvalue weighted by Gasteiger charge is 2.26. The fraction of sp³-hybridized carbons (Fsp3) is 0.160. The van der Waals surface area contributed by atoms with Crippen LogP contribution in [0.15, 0.2) is 78.9 Å². The first-order chi connectivity index (χ1) is 15.2. The van der Waals surface area contributed by atoms with Crippen molar-refractivity contribution < 1.29 is 9.53 Å². The van der Waals surface area contributed by atoms with Crippen molar-refractivity contribution in [3.63, 3.8) is 0 Å². The smallest absolute Gasteiger partial charge is 0.293 e. The van der Waals surface area contributed by atoms with Crippen LogP contribution >= 0.6 is 0 Å². The standard InChI is InChI=1S/C25H22N4O2/c1-31-22-13-7-10-19(16-22)24-26-23(27-29(24)21-11-3-2-4-12-21)25(30)28-15-14-18-8-5-6-9-20(18)17-28/h2-13,16H,14-15,17H2,1H3. The van der Waals surface area contributed by atoms with E-state index in [1.807, 2.05) is 71.6 Å². The van der Waals surface area contributed by atoms with Gasteiger partial charge in [0.05, 0.1) is 12.8 Å². The van der Waals surface area contributed by atoms with Crippen molar-refractivity contribution in [1.29, 1.82) is 0 Å². The maximum atomic E-state index is 13.3. The van der Waals surface area contributed by atoms with Crippen molar-refractivity contribution in [3.8, 4) is 22.8 Å². The molecule has 154 valence electrons. The third kappa shape index (κ3) is 3.68. The summed E-state index contributed by atoms with van der Waals surface area (Å²) in [7, 11) is 1.63. The lowest BCUT2D eigenvalue weighted by atomic mass is 10.00. The second-order valence-electron chi connectivity index (χ2n) is 7.48. The topological polar surface area (TPSA) is 60.2 Å². The number of carbonyl (C=O) groups is 1. The largest absolute Gasteiger partial charge is 0.497 e. The summed E-state index contributed by atoms with van der Waals surface area (Å²) < 4.78 is 7.09. The van der Waals surface area contributed by atoms with Crippen molar-refractivity contribution in [2.75, 3.05) is 13.7 Å². The van der Waals surface area contributed by atoms with Crippen LogP contribution < -0.4 is 4.74 Å². The van der Waals surface area contributed by atoms with Crippen LogP contribution in [0.1, 0.15) is 21.7 Å². The van der Waals surface area contributed by atoms with E-state index < -0.39 is 0 Å². The number of fused-ring (bicyclic) bond motifs is 1. The predicted octanol–water partition coefficient (Wildman–Crippen LogP) is 4.14. The lowest BCUT2D eigenvalue weighted by Crippen LogP contribution is -2.36. The molecule has 4 aromatic rings. The molecule has 2 heterocycles. The third-order valence-electron chi connectivity index (χ3n) is 5.54. The van der Waals surface area contributed by atoms with Crippen LogP contribution in [0.5, 0.6) is 5.75 Å². The highest BCUT2D eigenvalue weighted by atomic mass is 16.5. The number of carbonyl (C=O) groups excluding carboxylic acids is 1. The van der Waals surface area contributed by atoms with E-state index in [4.69, 9.17) is 4.74 Å². The van der Waals surface area contributed by atoms with Gasteiger partial charge in [-0.3, -0.25) is 4.79 Å². The average molecular weight is 410 g/mol. The van der Waals surface area contributed by atoms with Crippen LogP contribution in [-0.4, -0.2) is 39.2 Å². The van der Waals surface area contributed by atoms with Crippen molar-refractivity contribution in [3.05, 3.63) is 95.8 Å². The summed E-state index contributed by atoms with van der Waals surface area (Å²) in [6.07, 6.45) is 0.837. The molecule has 0 unspecified atom stereocenters. The second-order valence-corrected chi connectivity index (χ2v) is 7.48. The molecule has 0 N–H and O–H groups in total. The van der Waals surface area contributed by atoms with Crippen molar-refractivity contribution in [2.24, 2.45) is 0 Å². The lowest BCUT2D eigenvalue weighted by molar-refractivity contribution is 0.0722. The van der Waals surface area contributed by atoms with Gasteiger partial charge in [-0.15, -0.1) is 5.10 Å². The molecule has 1 aliphatic rings. The van der Waals surface area contributed by atoms with E-state index in [0.29, 0.717) is 18.9 Å². The lowest BCUT2D eigenvalue weighted by Gasteiger charge is -2.27. The maximum absolute atomic E-state index is 13.3. The number of aromatic nitrogens is 3. The highest BCUT2D eigenvalue weighted by molar-refractivity contribution is 5.91. The van der Waals surface area contributed by atoms with E-state index in [1.165, 1.54) is 11.1 Å². The molecule has 0 atom stereocenters. The van der Waals surface area contributed by atoms with Gasteiger partial charge >= 0.3 is 0 Å². The molecule has 1 aromatic heterocycles. The van der Waals surface area contributed by atoms with E-state index in [-0.39, 0.29) is 11.7 Å². The minimum atomic E-state index is -0.159. The average Bonchev–Trinajstić information content (AvgIpc) is 3.29. The molecule has 5 rings (SSSR count). The molecule has 0 saturated carbocycles. The number of hydrogen-bond acceptors (Lipinski definition) is 4. The van der Waals surface area contributed by atoms with Crippen LogP contribution in [0, 0.1) is 0 Å². The number of methoxy groups -OCH3 is 1. The summed E-state index contributed by atoms with van der Waals surface area (Å²) in [5, 5.41) is 4.62. The predicted molar refractivity (Wildman–Crippen MR) is 118 cm³/mol. The minimum absolute atomic E-state index is 0.159. The molecule has 0 fully saturated rings. The van der Waals surface area contributed by atoms with Crippen LogP contribution in [0.4, 0.5) is 0 Å². The molecule has 0 spiro atoms. The summed E-state index contributed by atoms with van der Waals surface area (Å²) in [5.41, 5.74) is 4.15. The number of ether oxygens (including phenoxy) is 1. The number of nitrogens with zero attached hydrogens (tertiary/aromatic N) is 4. The molecular formula is C25H22N4O2. The van der Waals surface area contributed by atoms with E-state index >= 15 is 0 Å². The number of para-hydroxylation sites is 1. The van der Waals surface area contributed by atoms with Crippen LogP contribution in [0.3, 0.4) is 0 Å². The SMILES string of the molecule is COc1cccc(-c2nc(C(=O)N3CCc4ccccc4C3)nn2-c2ccccc2)c1. The molecule has 0 bridgehead atoms. The zero-order chi connectivity index (χ0) is 21.2. The van der Waals surface area contributed by atoms with Gasteiger partial charge in [-0.1, -0.05) is 54.6 Å². The van der Waals surface area contributed by atoms with E-state index in [9.17, 15) is 4.79 Å². The quantitative estimate of drug-likeness (QED) is 0.507. The molecule has 1 aliphatic heterocycles. The fourth-order valence-electron chi connectivity index (χ4n) is 3.91. The van der Waals surface area contributed by atoms with Crippen LogP contribution in [0.25, 0.3) is 17.1 Å². The van der Waals surface area contributed by atoms with Gasteiger partial charge in [0.1, 0.15) is 5.75 Å². The second kappa shape index (κ2) is 8.07. The van der Waals surface area contributed by atoms with Crippen molar-refractivity contribution >= 4 is 5.91 Å². The van der Waals surface area contributed by atoms with Crippen LogP contribution in [-0.2, 0) is 13.0 Å². The summed E-state index contributed by atoms with van der Waals surface area (Å²) in [4.78, 5) is 19.8. The van der Waals surface area contributed by atoms with E-state index in [2.05, 4.69) is 22.2 Å². The van der Waals surface area contributed by atoms with Crippen molar-refractivity contribution in [2.45, 2.75) is 13.0 Å². The number of hydrogen-bond donors (Lipinski definition) is 0. The van der Waals surface area contributed by atoms with Gasteiger partial charge in [-0.05, 0) is 41.8 Å². The molecule has 3 aromatic carbocycles. The van der Waals surface area contributed by atoms with Gasteiger partial charge in [0.15, 0.2) is 5.82 Å². The van der Waals surface area contributed by atoms with Gasteiger partial charge in [0.2, 0.25) is 5.82 Å². The Balaban J connectivity index is 1.54. The first kappa shape index (κ1) is 19.1. The number of benzene rings is 3. The summed E-state index contributed by atoms with van der Waals surface area (Å²) >= 11 is 0. The van der Waals surface area contributed by atoms with Gasteiger partial charge in [0.25, 0.3) is 5.91 Å². The normalized spacial score (nSPS) is 13.0. The molecule has 0 radical (unpaired) electrons. The Labute approximate surface area is 180 Å². The van der Waals surface area contributed by atoms with Gasteiger partial charge < -0.3 is 9.64 Å². The summed E-state index contributed by atoms with van der Waals surface area (Å²) in [5.74, 6) is 1.36. The van der Waals surface area contributed by atoms with Gasteiger partial charge in [-0.2, -0.15) is 0 Å². The Morgan fingerprint density at radius 2 is 1.71 bits per heavy atom. The van der Waals surface area contributed by atoms with Gasteiger partial charge in [-0.25, -0.2) is 9.67 Å². The molecule has 0 aliphatic carbocycles. The molecule has 1 amide bonds. The third-order valence-corrected chi connectivity index (χ3v) is 5.54. The first-order valence-corrected chi connectivity index (χ1v) is 10.3. The van der Waals surface area contributed by atoms with Gasteiger partial charge in [0, 0.05) is 18.7 Å². The first-order valence-electron chi connectivity index (χ1n) is 10.3. The van der Waals surface area contributed by atoms with E-state index in [1.54, 1.807) is 11.8 Å². The summed E-state index contributed by atoms with van der Waals surface area (Å²) in [6.45, 7) is 1.23. The minimum Gasteiger partial charge on any atom is -0.497 e. The summed E-state index contributed by atoms with van der Waals surface area (Å²) in [6, 6.07) is 25.6. The molecule has 0 saturated heterocycles. The Hall–Kier alpha value is -3.93. The highest BCUT2D eigenvalue weighted by Crippen LogP contribution is 2.26. The number of rotatable bonds is 4. The number of amides is 1. The Bertz CT molecular complexity index is 1230. The zero-order valence-corrected chi connectivity index (χ0v) is 17.2.